The van der Waals surface area contributed by atoms with E-state index >= 15 is 0 Å². The number of aromatic nitrogens is 3. The molecule has 2 aliphatic rings. The Hall–Kier alpha value is -3.39. The molecule has 1 atom stereocenters. The number of hydrogen-bond donors (Lipinski definition) is 1. The maximum absolute atomic E-state index is 13.1. The molecule has 2 N–H and O–H groups in total. The van der Waals surface area contributed by atoms with Crippen molar-refractivity contribution in [1.29, 1.82) is 0 Å². The summed E-state index contributed by atoms with van der Waals surface area (Å²) in [5.41, 5.74) is 11.3. The summed E-state index contributed by atoms with van der Waals surface area (Å²) in [6.07, 6.45) is 3.21. The van der Waals surface area contributed by atoms with Crippen LogP contribution in [0.25, 0.3) is 33.5 Å². The van der Waals surface area contributed by atoms with Crippen LogP contribution >= 0.6 is 0 Å². The first-order chi connectivity index (χ1) is 17.0. The van der Waals surface area contributed by atoms with Gasteiger partial charge in [-0.2, -0.15) is 0 Å². The second kappa shape index (κ2) is 8.37. The number of halogens is 1. The van der Waals surface area contributed by atoms with Crippen LogP contribution in [0.5, 0.6) is 5.75 Å². The molecule has 1 aliphatic carbocycles. The van der Waals surface area contributed by atoms with Crippen molar-refractivity contribution >= 4 is 27.8 Å². The van der Waals surface area contributed by atoms with Gasteiger partial charge < -0.3 is 24.5 Å². The number of fused-ring (bicyclic) bond motifs is 3. The summed E-state index contributed by atoms with van der Waals surface area (Å²) in [5, 5.41) is 1.13. The first kappa shape index (κ1) is 22.1. The molecule has 6 rings (SSSR count). The van der Waals surface area contributed by atoms with E-state index in [1.54, 1.807) is 12.0 Å². The molecule has 1 saturated carbocycles. The number of hydrogen-bond acceptors (Lipinski definition) is 4. The van der Waals surface area contributed by atoms with Gasteiger partial charge >= 0.3 is 0 Å². The summed E-state index contributed by atoms with van der Waals surface area (Å²) in [6, 6.07) is 11.6. The van der Waals surface area contributed by atoms with E-state index in [0.29, 0.717) is 18.0 Å². The highest BCUT2D eigenvalue weighted by Gasteiger charge is 2.29. The van der Waals surface area contributed by atoms with E-state index in [9.17, 15) is 9.18 Å². The maximum Gasteiger partial charge on any atom is 0.254 e. The van der Waals surface area contributed by atoms with E-state index in [-0.39, 0.29) is 12.5 Å². The van der Waals surface area contributed by atoms with Gasteiger partial charge in [0, 0.05) is 37.6 Å². The first-order valence-corrected chi connectivity index (χ1v) is 12.2. The monoisotopic (exact) mass is 475 g/mol. The number of methoxy groups -OCH3 is 1. The lowest BCUT2D eigenvalue weighted by Gasteiger charge is -2.30. The van der Waals surface area contributed by atoms with Crippen LogP contribution in [0.15, 0.2) is 36.4 Å². The average Bonchev–Trinajstić information content (AvgIpc) is 3.54. The second-order valence-corrected chi connectivity index (χ2v) is 9.89. The van der Waals surface area contributed by atoms with E-state index in [1.807, 2.05) is 25.2 Å². The highest BCUT2D eigenvalue weighted by atomic mass is 19.1. The molecule has 8 heteroatoms. The Morgan fingerprint density at radius 1 is 1.26 bits per heavy atom. The Bertz CT molecular complexity index is 1450. The number of benzene rings is 2. The van der Waals surface area contributed by atoms with Crippen LogP contribution in [0.4, 0.5) is 4.39 Å². The van der Waals surface area contributed by atoms with Gasteiger partial charge in [-0.15, -0.1) is 0 Å². The van der Waals surface area contributed by atoms with Crippen molar-refractivity contribution in [1.82, 2.24) is 19.0 Å². The van der Waals surface area contributed by atoms with E-state index in [4.69, 9.17) is 15.5 Å². The first-order valence-electron chi connectivity index (χ1n) is 12.2. The molecule has 0 bridgehead atoms. The number of rotatable bonds is 7. The minimum Gasteiger partial charge on any atom is -0.495 e. The molecule has 182 valence electrons. The SMILES string of the molecule is COc1cccc2cc(-c3nc4cc5c(cc4n3C)CCN(CC(N)CF)C5=O)n(CC3CC3)c12. The molecular formula is C27H30FN5O2. The smallest absolute Gasteiger partial charge is 0.254 e. The van der Waals surface area contributed by atoms with Gasteiger partial charge in [0.05, 0.1) is 35.4 Å². The summed E-state index contributed by atoms with van der Waals surface area (Å²) >= 11 is 0. The fourth-order valence-corrected chi connectivity index (χ4v) is 5.34. The molecule has 35 heavy (non-hydrogen) atoms. The van der Waals surface area contributed by atoms with Crippen LogP contribution in [0.1, 0.15) is 28.8 Å². The Kier molecular flexibility index (Phi) is 5.29. The average molecular weight is 476 g/mol. The van der Waals surface area contributed by atoms with Gasteiger partial charge in [0.25, 0.3) is 5.91 Å². The quantitative estimate of drug-likeness (QED) is 0.440. The number of amides is 1. The predicted molar refractivity (Wildman–Crippen MR) is 134 cm³/mol. The number of nitrogens with two attached hydrogens (primary N) is 1. The number of alkyl halides is 1. The molecule has 1 fully saturated rings. The molecule has 0 saturated heterocycles. The van der Waals surface area contributed by atoms with Gasteiger partial charge in [-0.05, 0) is 55.0 Å². The molecule has 1 aliphatic heterocycles. The summed E-state index contributed by atoms with van der Waals surface area (Å²) in [7, 11) is 3.74. The van der Waals surface area contributed by atoms with Gasteiger partial charge in [0.15, 0.2) is 5.82 Å². The van der Waals surface area contributed by atoms with Crippen molar-refractivity contribution in [3.05, 3.63) is 47.5 Å². The molecule has 0 radical (unpaired) electrons. The second-order valence-electron chi connectivity index (χ2n) is 9.89. The van der Waals surface area contributed by atoms with Crippen LogP contribution in [-0.2, 0) is 20.0 Å². The molecule has 4 aromatic rings. The van der Waals surface area contributed by atoms with Crippen molar-refractivity contribution in [2.75, 3.05) is 26.9 Å². The van der Waals surface area contributed by atoms with Gasteiger partial charge in [-0.25, -0.2) is 9.37 Å². The third-order valence-corrected chi connectivity index (χ3v) is 7.40. The topological polar surface area (TPSA) is 78.3 Å². The molecule has 3 heterocycles. The normalized spacial score (nSPS) is 16.8. The number of ether oxygens (including phenoxy) is 1. The molecule has 7 nitrogen and oxygen atoms in total. The Morgan fingerprint density at radius 3 is 2.83 bits per heavy atom. The molecular weight excluding hydrogens is 445 g/mol. The molecule has 2 aromatic carbocycles. The summed E-state index contributed by atoms with van der Waals surface area (Å²) in [6.45, 7) is 1.06. The van der Waals surface area contributed by atoms with Crippen molar-refractivity contribution in [3.8, 4) is 17.3 Å². The van der Waals surface area contributed by atoms with Crippen molar-refractivity contribution < 1.29 is 13.9 Å². The lowest BCUT2D eigenvalue weighted by atomic mass is 9.97. The fourth-order valence-electron chi connectivity index (χ4n) is 5.34. The van der Waals surface area contributed by atoms with Crippen molar-refractivity contribution in [2.45, 2.75) is 31.8 Å². The fraction of sp³-hybridized carbons (Fsp3) is 0.407. The number of nitrogens with zero attached hydrogens (tertiary/aromatic N) is 4. The number of carbonyl (C=O) groups is 1. The standard InChI is InChI=1S/C27H30FN5O2/c1-31-22-10-17-8-9-32(15-19(29)13-28)27(34)20(17)12-21(22)30-26(31)23-11-18-4-3-5-24(35-2)25(18)33(23)14-16-6-7-16/h3-5,10-12,16,19H,6-9,13-15,29H2,1-2H3. The number of carbonyl (C=O) groups excluding carboxylic acids is 1. The largest absolute Gasteiger partial charge is 0.495 e. The summed E-state index contributed by atoms with van der Waals surface area (Å²) in [5.74, 6) is 2.30. The van der Waals surface area contributed by atoms with Gasteiger partial charge in [0.1, 0.15) is 12.4 Å². The van der Waals surface area contributed by atoms with Crippen LogP contribution in [0, 0.1) is 5.92 Å². The van der Waals surface area contributed by atoms with Crippen molar-refractivity contribution in [2.24, 2.45) is 18.7 Å². The van der Waals surface area contributed by atoms with Crippen molar-refractivity contribution in [3.63, 3.8) is 0 Å². The molecule has 1 amide bonds. The number of imidazole rings is 1. The molecule has 2 aromatic heterocycles. The zero-order valence-corrected chi connectivity index (χ0v) is 20.1. The third kappa shape index (κ3) is 3.67. The predicted octanol–water partition coefficient (Wildman–Crippen LogP) is 3.91. The highest BCUT2D eigenvalue weighted by molar-refractivity contribution is 6.01. The minimum absolute atomic E-state index is 0.100. The van der Waals surface area contributed by atoms with E-state index in [2.05, 4.69) is 27.3 Å². The number of para-hydroxylation sites is 1. The number of aryl methyl sites for hydroxylation is 1. The van der Waals surface area contributed by atoms with E-state index in [0.717, 1.165) is 57.7 Å². The third-order valence-electron chi connectivity index (χ3n) is 7.40. The minimum atomic E-state index is -0.656. The van der Waals surface area contributed by atoms with Gasteiger partial charge in [-0.1, -0.05) is 12.1 Å². The Labute approximate surface area is 203 Å². The van der Waals surface area contributed by atoms with Gasteiger partial charge in [0.2, 0.25) is 0 Å². The zero-order valence-electron chi connectivity index (χ0n) is 20.1. The van der Waals surface area contributed by atoms with Crippen LogP contribution < -0.4 is 10.5 Å². The summed E-state index contributed by atoms with van der Waals surface area (Å²) < 4.78 is 23.1. The Morgan fingerprint density at radius 2 is 2.09 bits per heavy atom. The maximum atomic E-state index is 13.1. The Balaban J connectivity index is 1.47. The van der Waals surface area contributed by atoms with Crippen LogP contribution in [0.2, 0.25) is 0 Å². The lowest BCUT2D eigenvalue weighted by molar-refractivity contribution is 0.0725. The molecule has 1 unspecified atom stereocenters. The van der Waals surface area contributed by atoms with E-state index in [1.165, 1.54) is 12.8 Å². The van der Waals surface area contributed by atoms with Gasteiger partial charge in [-0.3, -0.25) is 4.79 Å². The zero-order chi connectivity index (χ0) is 24.3. The molecule has 0 spiro atoms. The van der Waals surface area contributed by atoms with Crippen LogP contribution in [0.3, 0.4) is 0 Å². The van der Waals surface area contributed by atoms with E-state index < -0.39 is 12.7 Å². The highest BCUT2D eigenvalue weighted by Crippen LogP contribution is 2.39. The van der Waals surface area contributed by atoms with Crippen LogP contribution in [-0.4, -0.2) is 57.8 Å². The summed E-state index contributed by atoms with van der Waals surface area (Å²) in [4.78, 5) is 19.8. The lowest BCUT2D eigenvalue weighted by Crippen LogP contribution is -2.45.